The smallest absolute Gasteiger partial charge is 0.337 e. The first-order valence-corrected chi connectivity index (χ1v) is 9.63. The number of para-hydroxylation sites is 1. The third kappa shape index (κ3) is 5.21. The molecule has 0 bridgehead atoms. The number of carboxylic acid groups (broad SMARTS) is 1. The number of rotatable bonds is 7. The molecule has 0 spiro atoms. The number of aromatic carboxylic acids is 1. The predicted molar refractivity (Wildman–Crippen MR) is 109 cm³/mol. The van der Waals surface area contributed by atoms with Crippen LogP contribution in [-0.4, -0.2) is 17.0 Å². The molecule has 0 heterocycles. The second kappa shape index (κ2) is 9.05. The molecule has 136 valence electrons. The Morgan fingerprint density at radius 2 is 1.37 bits per heavy atom. The lowest BCUT2D eigenvalue weighted by Gasteiger charge is -2.09. The van der Waals surface area contributed by atoms with Gasteiger partial charge < -0.3 is 10.4 Å². The van der Waals surface area contributed by atoms with Gasteiger partial charge in [-0.3, -0.25) is 4.79 Å². The first kappa shape index (κ1) is 18.7. The molecule has 2 N–H and O–H groups in total. The Balaban J connectivity index is 1.58. The number of nitrogens with one attached hydrogen (secondary N) is 1. The number of carbonyl (C=O) groups is 2. The maximum atomic E-state index is 12.4. The molecule has 0 aliphatic carbocycles. The van der Waals surface area contributed by atoms with Crippen molar-refractivity contribution in [1.29, 1.82) is 0 Å². The number of thioether (sulfide) groups is 1. The van der Waals surface area contributed by atoms with E-state index in [-0.39, 0.29) is 17.2 Å². The van der Waals surface area contributed by atoms with Gasteiger partial charge in [0, 0.05) is 17.1 Å². The number of hydrogen-bond donors (Lipinski definition) is 2. The molecule has 3 aromatic carbocycles. The Hall–Kier alpha value is -3.05. The molecular weight excluding hydrogens is 358 g/mol. The number of anilines is 1. The van der Waals surface area contributed by atoms with E-state index in [2.05, 4.69) is 17.4 Å². The van der Waals surface area contributed by atoms with Crippen LogP contribution in [0.25, 0.3) is 0 Å². The molecule has 0 saturated carbocycles. The van der Waals surface area contributed by atoms with Crippen LogP contribution < -0.4 is 5.32 Å². The molecule has 0 atom stereocenters. The fourth-order valence-corrected chi connectivity index (χ4v) is 3.54. The van der Waals surface area contributed by atoms with Crippen LogP contribution in [0.5, 0.6) is 0 Å². The normalized spacial score (nSPS) is 10.4. The van der Waals surface area contributed by atoms with Crippen LogP contribution in [-0.2, 0) is 11.5 Å². The van der Waals surface area contributed by atoms with Gasteiger partial charge in [0.15, 0.2) is 0 Å². The lowest BCUT2D eigenvalue weighted by Crippen LogP contribution is -2.14. The Bertz CT molecular complexity index is 924. The summed E-state index contributed by atoms with van der Waals surface area (Å²) in [6.45, 7) is 0. The number of carbonyl (C=O) groups excluding carboxylic acids is 1. The highest BCUT2D eigenvalue weighted by atomic mass is 32.2. The predicted octanol–water partition coefficient (Wildman–Crippen LogP) is 5.07. The van der Waals surface area contributed by atoms with Crippen LogP contribution in [0, 0.1) is 0 Å². The van der Waals surface area contributed by atoms with E-state index in [0.29, 0.717) is 5.56 Å². The van der Waals surface area contributed by atoms with Crippen molar-refractivity contribution in [3.05, 3.63) is 101 Å². The number of carboxylic acids is 1. The topological polar surface area (TPSA) is 66.4 Å². The summed E-state index contributed by atoms with van der Waals surface area (Å²) in [6, 6.07) is 24.0. The summed E-state index contributed by atoms with van der Waals surface area (Å²) in [5.41, 5.74) is 3.28. The minimum Gasteiger partial charge on any atom is -0.478 e. The summed E-state index contributed by atoms with van der Waals surface area (Å²) < 4.78 is 0. The van der Waals surface area contributed by atoms with Crippen LogP contribution in [0.2, 0.25) is 0 Å². The summed E-state index contributed by atoms with van der Waals surface area (Å²) in [6.07, 6.45) is 0. The highest BCUT2D eigenvalue weighted by Gasteiger charge is 2.12. The van der Waals surface area contributed by atoms with E-state index < -0.39 is 5.97 Å². The van der Waals surface area contributed by atoms with Crippen molar-refractivity contribution in [2.75, 3.05) is 5.32 Å². The second-order valence-corrected chi connectivity index (χ2v) is 6.97. The molecule has 1 amide bonds. The van der Waals surface area contributed by atoms with Gasteiger partial charge in [-0.1, -0.05) is 54.6 Å². The summed E-state index contributed by atoms with van der Waals surface area (Å²) in [4.78, 5) is 23.6. The Labute approximate surface area is 162 Å². The summed E-state index contributed by atoms with van der Waals surface area (Å²) in [7, 11) is 0. The molecule has 0 saturated heterocycles. The van der Waals surface area contributed by atoms with Crippen molar-refractivity contribution in [2.24, 2.45) is 0 Å². The molecule has 4 nitrogen and oxygen atoms in total. The highest BCUT2D eigenvalue weighted by Crippen LogP contribution is 2.19. The van der Waals surface area contributed by atoms with E-state index in [4.69, 9.17) is 0 Å². The Kier molecular flexibility index (Phi) is 6.28. The van der Waals surface area contributed by atoms with Gasteiger partial charge in [-0.25, -0.2) is 4.79 Å². The molecular formula is C22H19NO3S. The van der Waals surface area contributed by atoms with Crippen molar-refractivity contribution in [1.82, 2.24) is 0 Å². The van der Waals surface area contributed by atoms with Crippen LogP contribution in [0.1, 0.15) is 31.8 Å². The molecule has 3 aromatic rings. The van der Waals surface area contributed by atoms with Gasteiger partial charge in [0.05, 0.1) is 11.3 Å². The molecule has 0 aromatic heterocycles. The molecule has 5 heteroatoms. The van der Waals surface area contributed by atoms with Crippen molar-refractivity contribution >= 4 is 29.3 Å². The second-order valence-electron chi connectivity index (χ2n) is 5.98. The van der Waals surface area contributed by atoms with Gasteiger partial charge in [-0.2, -0.15) is 11.8 Å². The molecule has 0 radical (unpaired) electrons. The van der Waals surface area contributed by atoms with E-state index in [1.807, 2.05) is 42.1 Å². The van der Waals surface area contributed by atoms with Gasteiger partial charge in [0.1, 0.15) is 0 Å². The zero-order chi connectivity index (χ0) is 19.1. The monoisotopic (exact) mass is 377 g/mol. The third-order valence-electron chi connectivity index (χ3n) is 4.00. The zero-order valence-electron chi connectivity index (χ0n) is 14.6. The first-order valence-electron chi connectivity index (χ1n) is 8.48. The van der Waals surface area contributed by atoms with E-state index in [1.54, 1.807) is 30.3 Å². The van der Waals surface area contributed by atoms with Crippen molar-refractivity contribution < 1.29 is 14.7 Å². The van der Waals surface area contributed by atoms with E-state index >= 15 is 0 Å². The van der Waals surface area contributed by atoms with Crippen LogP contribution in [0.4, 0.5) is 5.69 Å². The molecule has 27 heavy (non-hydrogen) atoms. The average Bonchev–Trinajstić information content (AvgIpc) is 2.69. The molecule has 0 unspecified atom stereocenters. The van der Waals surface area contributed by atoms with Gasteiger partial charge in [-0.15, -0.1) is 0 Å². The minimum atomic E-state index is -1.07. The Morgan fingerprint density at radius 3 is 2.04 bits per heavy atom. The molecule has 0 aliphatic heterocycles. The van der Waals surface area contributed by atoms with Crippen LogP contribution >= 0.6 is 11.8 Å². The quantitative estimate of drug-likeness (QED) is 0.603. The maximum Gasteiger partial charge on any atom is 0.337 e. The lowest BCUT2D eigenvalue weighted by molar-refractivity contribution is 0.0698. The van der Waals surface area contributed by atoms with Gasteiger partial charge in [-0.05, 0) is 35.4 Å². The van der Waals surface area contributed by atoms with Crippen molar-refractivity contribution in [2.45, 2.75) is 11.5 Å². The SMILES string of the molecule is O=C(Nc1ccccc1C(=O)O)c1ccc(CSCc2ccccc2)cc1. The summed E-state index contributed by atoms with van der Waals surface area (Å²) >= 11 is 1.82. The van der Waals surface area contributed by atoms with E-state index in [9.17, 15) is 14.7 Å². The first-order chi connectivity index (χ1) is 13.1. The third-order valence-corrected chi connectivity index (χ3v) is 5.08. The number of hydrogen-bond acceptors (Lipinski definition) is 3. The van der Waals surface area contributed by atoms with Crippen molar-refractivity contribution in [3.63, 3.8) is 0 Å². The number of amides is 1. The standard InChI is InChI=1S/C22H19NO3S/c24-21(23-20-9-5-4-8-19(20)22(25)26)18-12-10-17(11-13-18)15-27-14-16-6-2-1-3-7-16/h1-13H,14-15H2,(H,23,24)(H,25,26). The van der Waals surface area contributed by atoms with Crippen LogP contribution in [0.15, 0.2) is 78.9 Å². The van der Waals surface area contributed by atoms with Gasteiger partial charge >= 0.3 is 5.97 Å². The fourth-order valence-electron chi connectivity index (χ4n) is 2.59. The van der Waals surface area contributed by atoms with Crippen LogP contribution in [0.3, 0.4) is 0 Å². The van der Waals surface area contributed by atoms with Gasteiger partial charge in [0.25, 0.3) is 5.91 Å². The minimum absolute atomic E-state index is 0.0692. The van der Waals surface area contributed by atoms with E-state index in [0.717, 1.165) is 17.1 Å². The van der Waals surface area contributed by atoms with Gasteiger partial charge in [0.2, 0.25) is 0 Å². The fraction of sp³-hybridized carbons (Fsp3) is 0.0909. The summed E-state index contributed by atoms with van der Waals surface area (Å²) in [5.74, 6) is 0.400. The average molecular weight is 377 g/mol. The van der Waals surface area contributed by atoms with E-state index in [1.165, 1.54) is 11.6 Å². The highest BCUT2D eigenvalue weighted by molar-refractivity contribution is 7.97. The largest absolute Gasteiger partial charge is 0.478 e. The number of benzene rings is 3. The Morgan fingerprint density at radius 1 is 0.778 bits per heavy atom. The summed E-state index contributed by atoms with van der Waals surface area (Å²) in [5, 5.41) is 11.9. The molecule has 0 aliphatic rings. The molecule has 0 fully saturated rings. The lowest BCUT2D eigenvalue weighted by atomic mass is 10.1. The zero-order valence-corrected chi connectivity index (χ0v) is 15.4. The molecule has 3 rings (SSSR count). The maximum absolute atomic E-state index is 12.4. The van der Waals surface area contributed by atoms with Crippen molar-refractivity contribution in [3.8, 4) is 0 Å².